The number of nitrogens with one attached hydrogen (secondary N) is 1. The zero-order valence-corrected chi connectivity index (χ0v) is 15.9. The van der Waals surface area contributed by atoms with E-state index in [0.29, 0.717) is 11.6 Å². The molecule has 0 saturated carbocycles. The molecule has 2 aromatic carbocycles. The number of halogens is 1. The first kappa shape index (κ1) is 19.4. The van der Waals surface area contributed by atoms with Crippen LogP contribution < -0.4 is 15.7 Å². The van der Waals surface area contributed by atoms with E-state index < -0.39 is 11.5 Å². The van der Waals surface area contributed by atoms with Crippen molar-refractivity contribution in [1.29, 1.82) is 0 Å². The van der Waals surface area contributed by atoms with Crippen LogP contribution in [0.2, 0.25) is 5.02 Å². The van der Waals surface area contributed by atoms with Crippen molar-refractivity contribution in [3.8, 4) is 5.75 Å². The molecule has 6 nitrogen and oxygen atoms in total. The number of hydrogen-bond donors (Lipinski definition) is 1. The quantitative estimate of drug-likeness (QED) is 0.514. The number of pyridine rings is 1. The monoisotopic (exact) mass is 395 g/mol. The third-order valence-corrected chi connectivity index (χ3v) is 4.28. The number of carbonyl (C=O) groups excluding carboxylic acids is 1. The van der Waals surface area contributed by atoms with Gasteiger partial charge in [0.15, 0.2) is 0 Å². The third kappa shape index (κ3) is 4.86. The molecule has 1 heterocycles. The highest BCUT2D eigenvalue weighted by Crippen LogP contribution is 2.12. The minimum atomic E-state index is -0.570. The van der Waals surface area contributed by atoms with Crippen LogP contribution >= 0.6 is 11.6 Å². The Morgan fingerprint density at radius 3 is 2.54 bits per heavy atom. The molecule has 1 N–H and O–H groups in total. The highest BCUT2D eigenvalue weighted by molar-refractivity contribution is 6.30. The molecular formula is C21H18ClN3O3. The molecule has 0 saturated heterocycles. The van der Waals surface area contributed by atoms with Crippen molar-refractivity contribution in [1.82, 2.24) is 9.99 Å². The second-order valence-corrected chi connectivity index (χ2v) is 6.39. The van der Waals surface area contributed by atoms with E-state index in [1.807, 2.05) is 24.3 Å². The van der Waals surface area contributed by atoms with Gasteiger partial charge in [-0.2, -0.15) is 5.10 Å². The van der Waals surface area contributed by atoms with Gasteiger partial charge < -0.3 is 9.30 Å². The normalized spacial score (nSPS) is 10.8. The van der Waals surface area contributed by atoms with Gasteiger partial charge in [-0.05, 0) is 47.5 Å². The number of methoxy groups -OCH3 is 1. The van der Waals surface area contributed by atoms with Crippen LogP contribution in [0.3, 0.4) is 0 Å². The van der Waals surface area contributed by atoms with Crippen LogP contribution in [-0.2, 0) is 6.54 Å². The molecule has 0 radical (unpaired) electrons. The van der Waals surface area contributed by atoms with Crippen LogP contribution in [0.1, 0.15) is 21.5 Å². The molecule has 0 spiro atoms. The van der Waals surface area contributed by atoms with Gasteiger partial charge >= 0.3 is 0 Å². The zero-order chi connectivity index (χ0) is 19.9. The topological polar surface area (TPSA) is 72.7 Å². The molecule has 0 aliphatic rings. The molecule has 0 atom stereocenters. The molecule has 3 aromatic rings. The largest absolute Gasteiger partial charge is 0.497 e. The van der Waals surface area contributed by atoms with Gasteiger partial charge in [-0.25, -0.2) is 5.43 Å². The molecule has 3 rings (SSSR count). The van der Waals surface area contributed by atoms with Crippen molar-refractivity contribution in [2.24, 2.45) is 5.10 Å². The lowest BCUT2D eigenvalue weighted by Crippen LogP contribution is -2.30. The van der Waals surface area contributed by atoms with Crippen molar-refractivity contribution in [2.75, 3.05) is 7.11 Å². The Morgan fingerprint density at radius 2 is 1.86 bits per heavy atom. The number of rotatable bonds is 6. The Bertz CT molecular complexity index is 1040. The predicted octanol–water partition coefficient (Wildman–Crippen LogP) is 3.32. The summed E-state index contributed by atoms with van der Waals surface area (Å²) in [5.41, 5.74) is 3.69. The summed E-state index contributed by atoms with van der Waals surface area (Å²) in [6, 6.07) is 17.5. The number of nitrogens with zero attached hydrogens (tertiary/aromatic N) is 2. The maximum atomic E-state index is 12.6. The van der Waals surface area contributed by atoms with Crippen LogP contribution in [-0.4, -0.2) is 23.8 Å². The summed E-state index contributed by atoms with van der Waals surface area (Å²) in [5.74, 6) is 0.169. The van der Waals surface area contributed by atoms with Gasteiger partial charge in [-0.3, -0.25) is 9.59 Å². The number of aromatic nitrogens is 1. The number of hydrazone groups is 1. The summed E-state index contributed by atoms with van der Waals surface area (Å²) in [7, 11) is 1.59. The summed E-state index contributed by atoms with van der Waals surface area (Å²) in [6.45, 7) is 0.345. The van der Waals surface area contributed by atoms with Gasteiger partial charge in [0.25, 0.3) is 11.5 Å². The van der Waals surface area contributed by atoms with E-state index in [-0.39, 0.29) is 5.56 Å². The molecule has 1 amide bonds. The molecule has 0 aliphatic heterocycles. The Balaban J connectivity index is 1.71. The van der Waals surface area contributed by atoms with Gasteiger partial charge in [-0.1, -0.05) is 35.9 Å². The van der Waals surface area contributed by atoms with E-state index in [2.05, 4.69) is 10.5 Å². The van der Waals surface area contributed by atoms with Crippen LogP contribution in [0.25, 0.3) is 0 Å². The first-order chi connectivity index (χ1) is 13.6. The van der Waals surface area contributed by atoms with Gasteiger partial charge in [0.05, 0.1) is 19.9 Å². The lowest BCUT2D eigenvalue weighted by molar-refractivity contribution is 0.0953. The highest BCUT2D eigenvalue weighted by Gasteiger charge is 2.11. The highest BCUT2D eigenvalue weighted by atomic mass is 35.5. The van der Waals surface area contributed by atoms with E-state index >= 15 is 0 Å². The fourth-order valence-corrected chi connectivity index (χ4v) is 2.66. The Morgan fingerprint density at radius 1 is 1.14 bits per heavy atom. The average Bonchev–Trinajstić information content (AvgIpc) is 2.71. The number of hydrogen-bond acceptors (Lipinski definition) is 4. The standard InChI is InChI=1S/C21H18ClN3O3/c1-28-18-10-6-16(7-11-18)14-25-12-2-3-19(21(25)27)20(26)24-23-13-15-4-8-17(22)9-5-15/h2-13H,14H2,1H3,(H,24,26)/b23-13-. The fourth-order valence-electron chi connectivity index (χ4n) is 2.54. The van der Waals surface area contributed by atoms with Crippen molar-refractivity contribution in [3.63, 3.8) is 0 Å². The zero-order valence-electron chi connectivity index (χ0n) is 15.1. The summed E-state index contributed by atoms with van der Waals surface area (Å²) in [6.07, 6.45) is 3.12. The molecule has 0 fully saturated rings. The SMILES string of the molecule is COc1ccc(Cn2cccc(C(=O)N/N=C\c3ccc(Cl)cc3)c2=O)cc1. The van der Waals surface area contributed by atoms with Gasteiger partial charge in [0, 0.05) is 11.2 Å². The van der Waals surface area contributed by atoms with Gasteiger partial charge in [0.1, 0.15) is 11.3 Å². The van der Waals surface area contributed by atoms with Crippen LogP contribution in [0, 0.1) is 0 Å². The minimum Gasteiger partial charge on any atom is -0.497 e. The van der Waals surface area contributed by atoms with Crippen LogP contribution in [0.15, 0.2) is 76.8 Å². The maximum absolute atomic E-state index is 12.6. The van der Waals surface area contributed by atoms with E-state index in [1.165, 1.54) is 16.8 Å². The van der Waals surface area contributed by atoms with Crippen LogP contribution in [0.4, 0.5) is 0 Å². The molecular weight excluding hydrogens is 378 g/mol. The molecule has 1 aromatic heterocycles. The first-order valence-corrected chi connectivity index (χ1v) is 8.86. The molecule has 0 unspecified atom stereocenters. The third-order valence-electron chi connectivity index (χ3n) is 4.03. The summed E-state index contributed by atoms with van der Waals surface area (Å²) < 4.78 is 6.60. The van der Waals surface area contributed by atoms with E-state index in [4.69, 9.17) is 16.3 Å². The number of carbonyl (C=O) groups is 1. The van der Waals surface area contributed by atoms with E-state index in [9.17, 15) is 9.59 Å². The molecule has 0 aliphatic carbocycles. The maximum Gasteiger partial charge on any atom is 0.276 e. The van der Waals surface area contributed by atoms with Crippen molar-refractivity contribution in [2.45, 2.75) is 6.54 Å². The van der Waals surface area contributed by atoms with Crippen molar-refractivity contribution < 1.29 is 9.53 Å². The second kappa shape index (κ2) is 9.01. The summed E-state index contributed by atoms with van der Waals surface area (Å²) in [4.78, 5) is 24.9. The number of amides is 1. The first-order valence-electron chi connectivity index (χ1n) is 8.48. The second-order valence-electron chi connectivity index (χ2n) is 5.95. The molecule has 28 heavy (non-hydrogen) atoms. The summed E-state index contributed by atoms with van der Waals surface area (Å²) in [5, 5.41) is 4.51. The van der Waals surface area contributed by atoms with Crippen molar-refractivity contribution in [3.05, 3.63) is 98.9 Å². The molecule has 7 heteroatoms. The number of benzene rings is 2. The predicted molar refractivity (Wildman–Crippen MR) is 109 cm³/mol. The fraction of sp³-hybridized carbons (Fsp3) is 0.0952. The Kier molecular flexibility index (Phi) is 6.24. The average molecular weight is 396 g/mol. The van der Waals surface area contributed by atoms with Gasteiger partial charge in [0.2, 0.25) is 0 Å². The molecule has 142 valence electrons. The van der Waals surface area contributed by atoms with E-state index in [1.54, 1.807) is 43.6 Å². The smallest absolute Gasteiger partial charge is 0.276 e. The Hall–Kier alpha value is -3.38. The van der Waals surface area contributed by atoms with Crippen molar-refractivity contribution >= 4 is 23.7 Å². The number of ether oxygens (including phenoxy) is 1. The lowest BCUT2D eigenvalue weighted by Gasteiger charge is -2.08. The molecule has 0 bridgehead atoms. The van der Waals surface area contributed by atoms with Gasteiger partial charge in [-0.15, -0.1) is 0 Å². The minimum absolute atomic E-state index is 0.0178. The summed E-state index contributed by atoms with van der Waals surface area (Å²) >= 11 is 5.82. The lowest BCUT2D eigenvalue weighted by atomic mass is 10.2. The Labute approximate surface area is 167 Å². The van der Waals surface area contributed by atoms with Crippen LogP contribution in [0.5, 0.6) is 5.75 Å². The van der Waals surface area contributed by atoms with E-state index in [0.717, 1.165) is 16.9 Å².